The van der Waals surface area contributed by atoms with Crippen molar-refractivity contribution in [2.75, 3.05) is 20.2 Å². The van der Waals surface area contributed by atoms with E-state index in [2.05, 4.69) is 10.1 Å². The summed E-state index contributed by atoms with van der Waals surface area (Å²) in [6, 6.07) is -0.481. The van der Waals surface area contributed by atoms with Crippen molar-refractivity contribution >= 4 is 18.0 Å². The lowest BCUT2D eigenvalue weighted by Crippen LogP contribution is -2.50. The second-order valence-corrected chi connectivity index (χ2v) is 4.91. The van der Waals surface area contributed by atoms with Gasteiger partial charge in [0.2, 0.25) is 5.91 Å². The average Bonchev–Trinajstić information content (AvgIpc) is 2.87. The second-order valence-electron chi connectivity index (χ2n) is 4.91. The second kappa shape index (κ2) is 9.17. The molecule has 1 aliphatic heterocycles. The van der Waals surface area contributed by atoms with E-state index in [1.807, 2.05) is 13.8 Å². The van der Waals surface area contributed by atoms with Crippen LogP contribution in [0.15, 0.2) is 0 Å². The molecule has 7 heteroatoms. The lowest BCUT2D eigenvalue weighted by atomic mass is 10.0. The summed E-state index contributed by atoms with van der Waals surface area (Å²) >= 11 is 0. The van der Waals surface area contributed by atoms with Gasteiger partial charge in [-0.25, -0.2) is 4.79 Å². The van der Waals surface area contributed by atoms with E-state index in [-0.39, 0.29) is 11.8 Å². The van der Waals surface area contributed by atoms with Crippen LogP contribution in [0.5, 0.6) is 0 Å². The molecule has 1 fully saturated rings. The van der Waals surface area contributed by atoms with Gasteiger partial charge in [0.1, 0.15) is 6.04 Å². The first-order chi connectivity index (χ1) is 9.29. The van der Waals surface area contributed by atoms with Gasteiger partial charge in [-0.1, -0.05) is 13.8 Å². The van der Waals surface area contributed by atoms with Crippen molar-refractivity contribution in [1.82, 2.24) is 10.2 Å². The van der Waals surface area contributed by atoms with Gasteiger partial charge in [0.05, 0.1) is 7.11 Å². The number of rotatable bonds is 3. The SMILES string of the molecule is CC(=O)O.COC(=O)N[C@@H](C(=O)N1CCCC1)C(C)C. The fourth-order valence-electron chi connectivity index (χ4n) is 1.83. The molecule has 2 N–H and O–H groups in total. The molecule has 0 unspecified atom stereocenters. The summed E-state index contributed by atoms with van der Waals surface area (Å²) in [7, 11) is 1.30. The molecular formula is C13H24N2O5. The highest BCUT2D eigenvalue weighted by atomic mass is 16.5. The number of nitrogens with one attached hydrogen (secondary N) is 1. The Labute approximate surface area is 119 Å². The molecule has 0 aliphatic carbocycles. The number of carboxylic acids is 1. The predicted molar refractivity (Wildman–Crippen MR) is 73.3 cm³/mol. The van der Waals surface area contributed by atoms with E-state index in [1.54, 1.807) is 4.90 Å². The van der Waals surface area contributed by atoms with Gasteiger partial charge in [-0.15, -0.1) is 0 Å². The number of likely N-dealkylation sites (tertiary alicyclic amines) is 1. The molecule has 0 aromatic heterocycles. The zero-order valence-electron chi connectivity index (χ0n) is 12.5. The van der Waals surface area contributed by atoms with Crippen LogP contribution < -0.4 is 5.32 Å². The van der Waals surface area contributed by atoms with E-state index in [4.69, 9.17) is 9.90 Å². The first-order valence-electron chi connectivity index (χ1n) is 6.62. The molecule has 0 aromatic carbocycles. The molecule has 7 nitrogen and oxygen atoms in total. The molecule has 1 saturated heterocycles. The summed E-state index contributed by atoms with van der Waals surface area (Å²) in [6.07, 6.45) is 1.55. The van der Waals surface area contributed by atoms with Gasteiger partial charge in [-0.05, 0) is 18.8 Å². The topological polar surface area (TPSA) is 95.9 Å². The standard InChI is InChI=1S/C11H20N2O3.C2H4O2/c1-8(2)9(12-11(15)16-3)10(14)13-6-4-5-7-13;1-2(3)4/h8-9H,4-7H2,1-3H3,(H,12,15);1H3,(H,3,4)/t9-;/m1./s1. The summed E-state index contributed by atoms with van der Waals surface area (Å²) in [4.78, 5) is 34.0. The van der Waals surface area contributed by atoms with Crippen molar-refractivity contribution in [3.8, 4) is 0 Å². The molecule has 116 valence electrons. The number of amides is 2. The quantitative estimate of drug-likeness (QED) is 0.810. The van der Waals surface area contributed by atoms with Crippen molar-refractivity contribution in [2.45, 2.75) is 39.7 Å². The molecule has 1 heterocycles. The average molecular weight is 288 g/mol. The Balaban J connectivity index is 0.000000796. The lowest BCUT2D eigenvalue weighted by molar-refractivity contribution is -0.134. The number of methoxy groups -OCH3 is 1. The molecule has 0 bridgehead atoms. The van der Waals surface area contributed by atoms with Gasteiger partial charge < -0.3 is 20.1 Å². The van der Waals surface area contributed by atoms with Crippen LogP contribution in [0.1, 0.15) is 33.6 Å². The van der Waals surface area contributed by atoms with E-state index >= 15 is 0 Å². The first kappa shape index (κ1) is 18.2. The van der Waals surface area contributed by atoms with Gasteiger partial charge in [0.15, 0.2) is 0 Å². The molecule has 20 heavy (non-hydrogen) atoms. The Kier molecular flexibility index (Phi) is 8.35. The molecular weight excluding hydrogens is 264 g/mol. The van der Waals surface area contributed by atoms with Crippen LogP contribution in [0.3, 0.4) is 0 Å². The molecule has 0 radical (unpaired) electrons. The third kappa shape index (κ3) is 6.96. The normalized spacial score (nSPS) is 15.2. The number of aliphatic carboxylic acids is 1. The highest BCUT2D eigenvalue weighted by Crippen LogP contribution is 2.13. The van der Waals surface area contributed by atoms with Crippen LogP contribution in [0.25, 0.3) is 0 Å². The highest BCUT2D eigenvalue weighted by Gasteiger charge is 2.30. The third-order valence-electron chi connectivity index (χ3n) is 2.81. The van der Waals surface area contributed by atoms with E-state index in [1.165, 1.54) is 7.11 Å². The Hall–Kier alpha value is -1.79. The monoisotopic (exact) mass is 288 g/mol. The maximum atomic E-state index is 12.1. The number of hydrogen-bond acceptors (Lipinski definition) is 4. The van der Waals surface area contributed by atoms with Crippen molar-refractivity contribution in [3.05, 3.63) is 0 Å². The van der Waals surface area contributed by atoms with Crippen molar-refractivity contribution in [2.24, 2.45) is 5.92 Å². The fraction of sp³-hybridized carbons (Fsp3) is 0.769. The van der Waals surface area contributed by atoms with Gasteiger partial charge in [0, 0.05) is 20.0 Å². The maximum Gasteiger partial charge on any atom is 0.407 e. The molecule has 1 rings (SSSR count). The summed E-state index contributed by atoms with van der Waals surface area (Å²) in [5, 5.41) is 10.0. The van der Waals surface area contributed by atoms with Crippen molar-refractivity contribution < 1.29 is 24.2 Å². The van der Waals surface area contributed by atoms with Crippen LogP contribution in [0.4, 0.5) is 4.79 Å². The molecule has 1 atom stereocenters. The largest absolute Gasteiger partial charge is 0.481 e. The minimum absolute atomic E-state index is 0.00194. The van der Waals surface area contributed by atoms with E-state index < -0.39 is 18.1 Å². The zero-order chi connectivity index (χ0) is 15.7. The number of nitrogens with zero attached hydrogens (tertiary/aromatic N) is 1. The van der Waals surface area contributed by atoms with Gasteiger partial charge in [-0.2, -0.15) is 0 Å². The van der Waals surface area contributed by atoms with Crippen LogP contribution in [0, 0.1) is 5.92 Å². The Morgan fingerprint density at radius 3 is 2.00 bits per heavy atom. The summed E-state index contributed by atoms with van der Waals surface area (Å²) < 4.78 is 4.52. The number of carbonyl (C=O) groups is 3. The van der Waals surface area contributed by atoms with E-state index in [0.717, 1.165) is 32.9 Å². The maximum absolute atomic E-state index is 12.1. The Morgan fingerprint density at radius 1 is 1.20 bits per heavy atom. The predicted octanol–water partition coefficient (Wildman–Crippen LogP) is 1.08. The van der Waals surface area contributed by atoms with E-state index in [0.29, 0.717) is 0 Å². The molecule has 2 amide bonds. The minimum atomic E-state index is -0.833. The smallest absolute Gasteiger partial charge is 0.407 e. The number of carbonyl (C=O) groups excluding carboxylic acids is 2. The van der Waals surface area contributed by atoms with Gasteiger partial charge in [0.25, 0.3) is 5.97 Å². The fourth-order valence-corrected chi connectivity index (χ4v) is 1.83. The number of ether oxygens (including phenoxy) is 1. The number of alkyl carbamates (subject to hydrolysis) is 1. The van der Waals surface area contributed by atoms with Crippen molar-refractivity contribution in [1.29, 1.82) is 0 Å². The lowest BCUT2D eigenvalue weighted by Gasteiger charge is -2.26. The molecule has 0 spiro atoms. The third-order valence-corrected chi connectivity index (χ3v) is 2.81. The Morgan fingerprint density at radius 2 is 1.65 bits per heavy atom. The molecule has 1 aliphatic rings. The number of hydrogen-bond donors (Lipinski definition) is 2. The summed E-state index contributed by atoms with van der Waals surface area (Å²) in [5.74, 6) is -0.773. The van der Waals surface area contributed by atoms with Gasteiger partial charge in [-0.3, -0.25) is 9.59 Å². The Bertz CT molecular complexity index is 334. The summed E-state index contributed by atoms with van der Waals surface area (Å²) in [5.41, 5.74) is 0. The van der Waals surface area contributed by atoms with Crippen LogP contribution in [0.2, 0.25) is 0 Å². The highest BCUT2D eigenvalue weighted by molar-refractivity contribution is 5.86. The zero-order valence-corrected chi connectivity index (χ0v) is 12.5. The molecule has 0 saturated carbocycles. The van der Waals surface area contributed by atoms with Crippen LogP contribution in [-0.2, 0) is 14.3 Å². The number of carboxylic acid groups (broad SMARTS) is 1. The first-order valence-corrected chi connectivity index (χ1v) is 6.62. The van der Waals surface area contributed by atoms with Crippen LogP contribution in [-0.4, -0.2) is 54.2 Å². The van der Waals surface area contributed by atoms with E-state index in [9.17, 15) is 9.59 Å². The van der Waals surface area contributed by atoms with Crippen molar-refractivity contribution in [3.63, 3.8) is 0 Å². The van der Waals surface area contributed by atoms with Gasteiger partial charge >= 0.3 is 6.09 Å². The molecule has 0 aromatic rings. The van der Waals surface area contributed by atoms with Crippen LogP contribution >= 0.6 is 0 Å². The minimum Gasteiger partial charge on any atom is -0.481 e. The summed E-state index contributed by atoms with van der Waals surface area (Å²) in [6.45, 7) is 6.50.